The number of carboxylic acids is 1. The highest BCUT2D eigenvalue weighted by Gasteiger charge is 2.27. The number of aliphatic carboxylic acids is 1. The van der Waals surface area contributed by atoms with Crippen molar-refractivity contribution in [2.75, 3.05) is 13.6 Å². The Balaban J connectivity index is 2.50. The summed E-state index contributed by atoms with van der Waals surface area (Å²) in [5.41, 5.74) is 0.154. The normalized spacial score (nSPS) is 12.0. The number of benzene rings is 1. The van der Waals surface area contributed by atoms with Gasteiger partial charge in [-0.25, -0.2) is 14.4 Å². The Hall–Kier alpha value is -2.77. The van der Waals surface area contributed by atoms with Gasteiger partial charge in [0.05, 0.1) is 0 Å². The van der Waals surface area contributed by atoms with E-state index in [0.717, 1.165) is 10.5 Å². The van der Waals surface area contributed by atoms with Crippen LogP contribution in [0.4, 0.5) is 9.59 Å². The second kappa shape index (κ2) is 9.65. The molecule has 0 spiro atoms. The van der Waals surface area contributed by atoms with Gasteiger partial charge in [0.25, 0.3) is 0 Å². The second-order valence-electron chi connectivity index (χ2n) is 6.72. The molecular weight excluding hydrogens is 340 g/mol. The number of hydrogen-bond donors (Lipinski definition) is 2. The van der Waals surface area contributed by atoms with Gasteiger partial charge in [0.15, 0.2) is 0 Å². The Kier molecular flexibility index (Phi) is 7.89. The Morgan fingerprint density at radius 1 is 1.19 bits per heavy atom. The van der Waals surface area contributed by atoms with Gasteiger partial charge in [0.2, 0.25) is 0 Å². The van der Waals surface area contributed by atoms with Gasteiger partial charge in [-0.2, -0.15) is 0 Å². The molecule has 0 saturated carbocycles. The molecule has 8 heteroatoms. The number of amides is 2. The molecule has 0 fully saturated rings. The summed E-state index contributed by atoms with van der Waals surface area (Å²) in [6, 6.07) is 7.94. The number of carbonyl (C=O) groups excluding carboxylic acids is 2. The number of nitrogens with one attached hydrogen (secondary N) is 1. The molecule has 0 bridgehead atoms. The molecule has 0 heterocycles. The van der Waals surface area contributed by atoms with E-state index in [1.807, 2.05) is 18.2 Å². The summed E-state index contributed by atoms with van der Waals surface area (Å²) in [5.74, 6) is -1.19. The summed E-state index contributed by atoms with van der Waals surface area (Å²) in [6.07, 6.45) is -1.37. The molecule has 144 valence electrons. The minimum absolute atomic E-state index is 0.0194. The van der Waals surface area contributed by atoms with Gasteiger partial charge < -0.3 is 19.9 Å². The van der Waals surface area contributed by atoms with Crippen LogP contribution in [0.25, 0.3) is 0 Å². The summed E-state index contributed by atoms with van der Waals surface area (Å²) < 4.78 is 10.2. The zero-order valence-corrected chi connectivity index (χ0v) is 15.5. The molecule has 1 unspecified atom stereocenters. The lowest BCUT2D eigenvalue weighted by Gasteiger charge is -2.25. The first-order valence-electron chi connectivity index (χ1n) is 8.23. The molecule has 1 atom stereocenters. The van der Waals surface area contributed by atoms with E-state index in [-0.39, 0.29) is 19.6 Å². The predicted molar refractivity (Wildman–Crippen MR) is 94.7 cm³/mol. The maximum absolute atomic E-state index is 12.1. The summed E-state index contributed by atoms with van der Waals surface area (Å²) in [7, 11) is 1.35. The summed E-state index contributed by atoms with van der Waals surface area (Å²) in [4.78, 5) is 36.1. The quantitative estimate of drug-likeness (QED) is 0.768. The van der Waals surface area contributed by atoms with E-state index in [2.05, 4.69) is 5.32 Å². The standard InChI is InChI=1S/C18H26N2O6/c1-18(2,3)26-16(23)19-11-10-14(15(21)22)20(4)17(24)25-12-13-8-6-5-7-9-13/h5-9,14H,10-12H2,1-4H3,(H,19,23)(H,21,22). The highest BCUT2D eigenvalue weighted by atomic mass is 16.6. The first-order chi connectivity index (χ1) is 12.1. The molecule has 26 heavy (non-hydrogen) atoms. The summed E-state index contributed by atoms with van der Waals surface area (Å²) >= 11 is 0. The lowest BCUT2D eigenvalue weighted by Crippen LogP contribution is -2.45. The molecule has 2 N–H and O–H groups in total. The molecule has 8 nitrogen and oxygen atoms in total. The monoisotopic (exact) mass is 366 g/mol. The zero-order valence-electron chi connectivity index (χ0n) is 15.5. The highest BCUT2D eigenvalue weighted by Crippen LogP contribution is 2.09. The van der Waals surface area contributed by atoms with Crippen LogP contribution in [0.2, 0.25) is 0 Å². The molecule has 0 saturated heterocycles. The fourth-order valence-corrected chi connectivity index (χ4v) is 2.06. The topological polar surface area (TPSA) is 105 Å². The minimum Gasteiger partial charge on any atom is -0.480 e. The van der Waals surface area contributed by atoms with Crippen molar-refractivity contribution in [3.05, 3.63) is 35.9 Å². The molecule has 0 aliphatic carbocycles. The lowest BCUT2D eigenvalue weighted by molar-refractivity contribution is -0.142. The third-order valence-electron chi connectivity index (χ3n) is 3.33. The average molecular weight is 366 g/mol. The van der Waals surface area contributed by atoms with E-state index in [1.54, 1.807) is 32.9 Å². The molecule has 0 aromatic heterocycles. The van der Waals surface area contributed by atoms with Crippen LogP contribution < -0.4 is 5.32 Å². The van der Waals surface area contributed by atoms with Gasteiger partial charge in [0.1, 0.15) is 18.2 Å². The smallest absolute Gasteiger partial charge is 0.410 e. The van der Waals surface area contributed by atoms with E-state index >= 15 is 0 Å². The van der Waals surface area contributed by atoms with Gasteiger partial charge in [-0.3, -0.25) is 4.90 Å². The van der Waals surface area contributed by atoms with Crippen molar-refractivity contribution < 1.29 is 29.0 Å². The summed E-state index contributed by atoms with van der Waals surface area (Å²) in [6.45, 7) is 5.27. The Morgan fingerprint density at radius 3 is 2.35 bits per heavy atom. The number of carboxylic acid groups (broad SMARTS) is 1. The SMILES string of the molecule is CN(C(=O)OCc1ccccc1)C(CCNC(=O)OC(C)(C)C)C(=O)O. The molecule has 1 aromatic rings. The second-order valence-corrected chi connectivity index (χ2v) is 6.72. The maximum Gasteiger partial charge on any atom is 0.410 e. The first-order valence-corrected chi connectivity index (χ1v) is 8.23. The predicted octanol–water partition coefficient (Wildman–Crippen LogP) is 2.62. The molecule has 2 amide bonds. The fourth-order valence-electron chi connectivity index (χ4n) is 2.06. The Labute approximate surface area is 153 Å². The van der Waals surface area contributed by atoms with Gasteiger partial charge in [-0.1, -0.05) is 30.3 Å². The highest BCUT2D eigenvalue weighted by molar-refractivity contribution is 5.80. The Bertz CT molecular complexity index is 612. The molecule has 0 radical (unpaired) electrons. The average Bonchev–Trinajstić information content (AvgIpc) is 2.55. The first kappa shape index (κ1) is 21.3. The number of carbonyl (C=O) groups is 3. The van der Waals surface area contributed by atoms with Crippen molar-refractivity contribution in [2.45, 2.75) is 45.4 Å². The van der Waals surface area contributed by atoms with E-state index in [9.17, 15) is 19.5 Å². The number of nitrogens with zero attached hydrogens (tertiary/aromatic N) is 1. The number of rotatable bonds is 7. The fraction of sp³-hybridized carbons (Fsp3) is 0.500. The third-order valence-corrected chi connectivity index (χ3v) is 3.33. The van der Waals surface area contributed by atoms with E-state index in [0.29, 0.717) is 0 Å². The van der Waals surface area contributed by atoms with Gasteiger partial charge in [-0.15, -0.1) is 0 Å². The van der Waals surface area contributed by atoms with Crippen molar-refractivity contribution in [3.63, 3.8) is 0 Å². The maximum atomic E-state index is 12.1. The van der Waals surface area contributed by atoms with Gasteiger partial charge in [0, 0.05) is 13.6 Å². The van der Waals surface area contributed by atoms with Crippen LogP contribution in [0, 0.1) is 0 Å². The van der Waals surface area contributed by atoms with E-state index in [1.165, 1.54) is 7.05 Å². The van der Waals surface area contributed by atoms with E-state index in [4.69, 9.17) is 9.47 Å². The largest absolute Gasteiger partial charge is 0.480 e. The summed E-state index contributed by atoms with van der Waals surface area (Å²) in [5, 5.41) is 11.8. The number of likely N-dealkylation sites (N-methyl/N-ethyl adjacent to an activating group) is 1. The van der Waals surface area contributed by atoms with Crippen LogP contribution in [-0.4, -0.2) is 53.4 Å². The van der Waals surface area contributed by atoms with Gasteiger partial charge >= 0.3 is 18.2 Å². The van der Waals surface area contributed by atoms with Crippen LogP contribution in [0.3, 0.4) is 0 Å². The molecule has 0 aliphatic rings. The number of ether oxygens (including phenoxy) is 2. The number of hydrogen-bond acceptors (Lipinski definition) is 5. The minimum atomic E-state index is -1.19. The van der Waals surface area contributed by atoms with Crippen LogP contribution in [0.1, 0.15) is 32.8 Å². The molecule has 0 aliphatic heterocycles. The van der Waals surface area contributed by atoms with Gasteiger partial charge in [-0.05, 0) is 32.8 Å². The van der Waals surface area contributed by atoms with Crippen molar-refractivity contribution in [3.8, 4) is 0 Å². The van der Waals surface area contributed by atoms with Crippen molar-refractivity contribution >= 4 is 18.2 Å². The molecule has 1 rings (SSSR count). The van der Waals surface area contributed by atoms with Crippen LogP contribution in [0.15, 0.2) is 30.3 Å². The van der Waals surface area contributed by atoms with Crippen molar-refractivity contribution in [2.24, 2.45) is 0 Å². The van der Waals surface area contributed by atoms with E-state index < -0.39 is 29.8 Å². The lowest BCUT2D eigenvalue weighted by atomic mass is 10.2. The number of alkyl carbamates (subject to hydrolysis) is 1. The van der Waals surface area contributed by atoms with Crippen molar-refractivity contribution in [1.82, 2.24) is 10.2 Å². The Morgan fingerprint density at radius 2 is 1.81 bits per heavy atom. The van der Waals surface area contributed by atoms with Crippen LogP contribution >= 0.6 is 0 Å². The third kappa shape index (κ3) is 7.87. The molecule has 1 aromatic carbocycles. The zero-order chi connectivity index (χ0) is 19.7. The van der Waals surface area contributed by atoms with Crippen LogP contribution in [0.5, 0.6) is 0 Å². The van der Waals surface area contributed by atoms with Crippen molar-refractivity contribution in [1.29, 1.82) is 0 Å². The van der Waals surface area contributed by atoms with Crippen LogP contribution in [-0.2, 0) is 20.9 Å². The molecular formula is C18H26N2O6.